The first kappa shape index (κ1) is 15.6. The number of carboxylic acid groups (broad SMARTS) is 1. The second-order valence-electron chi connectivity index (χ2n) is 5.67. The number of amides is 3. The van der Waals surface area contributed by atoms with Crippen molar-refractivity contribution in [1.82, 2.24) is 15.5 Å². The fourth-order valence-electron chi connectivity index (χ4n) is 3.19. The Bertz CT molecular complexity index is 428. The van der Waals surface area contributed by atoms with Crippen molar-refractivity contribution in [3.05, 3.63) is 0 Å². The number of fused-ring (bicyclic) bond motifs is 1. The summed E-state index contributed by atoms with van der Waals surface area (Å²) in [6.07, 6.45) is 3.85. The minimum atomic E-state index is -1.29. The molecule has 2 aliphatic heterocycles. The van der Waals surface area contributed by atoms with Gasteiger partial charge in [-0.1, -0.05) is 6.42 Å². The van der Waals surface area contributed by atoms with Crippen LogP contribution in [0.1, 0.15) is 32.1 Å². The normalized spacial score (nSPS) is 26.7. The van der Waals surface area contributed by atoms with Gasteiger partial charge in [-0.3, -0.25) is 9.69 Å². The summed E-state index contributed by atoms with van der Waals surface area (Å²) in [5.74, 6) is -2.03. The van der Waals surface area contributed by atoms with Gasteiger partial charge in [-0.2, -0.15) is 0 Å². The number of nitrogens with two attached hydrogens (primary N) is 1. The van der Waals surface area contributed by atoms with Gasteiger partial charge in [0.1, 0.15) is 6.04 Å². The number of hydrogen-bond donors (Lipinski definition) is 4. The van der Waals surface area contributed by atoms with Gasteiger partial charge in [-0.15, -0.1) is 0 Å². The Kier molecular flexibility index (Phi) is 5.00. The SMILES string of the molecule is NC(=O)C[C@H](NC(=O)NC1CCN2CCCCC12)C(=O)O. The molecule has 0 bridgehead atoms. The van der Waals surface area contributed by atoms with Gasteiger partial charge in [0.25, 0.3) is 0 Å². The summed E-state index contributed by atoms with van der Waals surface area (Å²) in [7, 11) is 0. The maximum absolute atomic E-state index is 11.9. The van der Waals surface area contributed by atoms with Crippen LogP contribution in [0.5, 0.6) is 0 Å². The molecular weight excluding hydrogens is 276 g/mol. The molecule has 0 aromatic carbocycles. The summed E-state index contributed by atoms with van der Waals surface area (Å²) in [5.41, 5.74) is 4.98. The molecular formula is C13H22N4O4. The molecule has 0 spiro atoms. The molecule has 3 atom stereocenters. The summed E-state index contributed by atoms with van der Waals surface area (Å²) in [6, 6.07) is -1.47. The molecule has 0 saturated carbocycles. The molecule has 0 aliphatic carbocycles. The van der Waals surface area contributed by atoms with Crippen molar-refractivity contribution in [2.75, 3.05) is 13.1 Å². The van der Waals surface area contributed by atoms with Gasteiger partial charge in [-0.25, -0.2) is 9.59 Å². The van der Waals surface area contributed by atoms with Gasteiger partial charge in [0.2, 0.25) is 5.91 Å². The first-order valence-corrected chi connectivity index (χ1v) is 7.29. The Morgan fingerprint density at radius 3 is 2.67 bits per heavy atom. The van der Waals surface area contributed by atoms with Crippen LogP contribution in [-0.2, 0) is 9.59 Å². The second kappa shape index (κ2) is 6.75. The minimum Gasteiger partial charge on any atom is -0.480 e. The molecule has 8 heteroatoms. The maximum atomic E-state index is 11.9. The van der Waals surface area contributed by atoms with E-state index in [4.69, 9.17) is 10.8 Å². The molecule has 2 unspecified atom stereocenters. The van der Waals surface area contributed by atoms with E-state index in [1.807, 2.05) is 0 Å². The van der Waals surface area contributed by atoms with Crippen molar-refractivity contribution in [3.63, 3.8) is 0 Å². The monoisotopic (exact) mass is 298 g/mol. The molecule has 21 heavy (non-hydrogen) atoms. The van der Waals surface area contributed by atoms with Crippen LogP contribution in [0, 0.1) is 0 Å². The smallest absolute Gasteiger partial charge is 0.326 e. The quantitative estimate of drug-likeness (QED) is 0.531. The third kappa shape index (κ3) is 4.07. The predicted molar refractivity (Wildman–Crippen MR) is 74.5 cm³/mol. The number of carbonyl (C=O) groups excluding carboxylic acids is 2. The van der Waals surface area contributed by atoms with Crippen LogP contribution in [-0.4, -0.2) is 59.1 Å². The first-order valence-electron chi connectivity index (χ1n) is 7.29. The number of rotatable bonds is 5. The molecule has 8 nitrogen and oxygen atoms in total. The van der Waals surface area contributed by atoms with Crippen LogP contribution in [0.25, 0.3) is 0 Å². The molecule has 0 aromatic heterocycles. The van der Waals surface area contributed by atoms with E-state index < -0.39 is 30.4 Å². The molecule has 2 fully saturated rings. The number of aliphatic carboxylic acids is 1. The van der Waals surface area contributed by atoms with Crippen LogP contribution in [0.4, 0.5) is 4.79 Å². The van der Waals surface area contributed by atoms with E-state index in [0.717, 1.165) is 32.4 Å². The minimum absolute atomic E-state index is 0.0355. The fraction of sp³-hybridized carbons (Fsp3) is 0.769. The summed E-state index contributed by atoms with van der Waals surface area (Å²) >= 11 is 0. The van der Waals surface area contributed by atoms with E-state index in [2.05, 4.69) is 15.5 Å². The second-order valence-corrected chi connectivity index (χ2v) is 5.67. The number of nitrogens with zero attached hydrogens (tertiary/aromatic N) is 1. The highest BCUT2D eigenvalue weighted by Crippen LogP contribution is 2.26. The van der Waals surface area contributed by atoms with E-state index in [1.54, 1.807) is 0 Å². The lowest BCUT2D eigenvalue weighted by Gasteiger charge is -2.32. The van der Waals surface area contributed by atoms with E-state index in [-0.39, 0.29) is 6.04 Å². The van der Waals surface area contributed by atoms with Gasteiger partial charge >= 0.3 is 12.0 Å². The van der Waals surface area contributed by atoms with Crippen molar-refractivity contribution >= 4 is 17.9 Å². The van der Waals surface area contributed by atoms with Gasteiger partial charge in [0.05, 0.1) is 6.42 Å². The topological polar surface area (TPSA) is 125 Å². The summed E-state index contributed by atoms with van der Waals surface area (Å²) in [6.45, 7) is 2.02. The zero-order valence-corrected chi connectivity index (χ0v) is 11.9. The van der Waals surface area contributed by atoms with Crippen molar-refractivity contribution in [2.24, 2.45) is 5.73 Å². The van der Waals surface area contributed by atoms with Crippen molar-refractivity contribution in [1.29, 1.82) is 0 Å². The van der Waals surface area contributed by atoms with Gasteiger partial charge in [0.15, 0.2) is 0 Å². The molecule has 2 heterocycles. The highest BCUT2D eigenvalue weighted by atomic mass is 16.4. The zero-order valence-electron chi connectivity index (χ0n) is 11.9. The van der Waals surface area contributed by atoms with Crippen LogP contribution in [0.15, 0.2) is 0 Å². The molecule has 118 valence electrons. The van der Waals surface area contributed by atoms with Crippen LogP contribution >= 0.6 is 0 Å². The highest BCUT2D eigenvalue weighted by Gasteiger charge is 2.36. The molecule has 5 N–H and O–H groups in total. The molecule has 0 aromatic rings. The molecule has 2 aliphatic rings. The lowest BCUT2D eigenvalue weighted by atomic mass is 9.99. The Morgan fingerprint density at radius 2 is 2.00 bits per heavy atom. The molecule has 0 radical (unpaired) electrons. The van der Waals surface area contributed by atoms with Gasteiger partial charge < -0.3 is 21.5 Å². The number of carboxylic acids is 1. The lowest BCUT2D eigenvalue weighted by molar-refractivity contribution is -0.140. The maximum Gasteiger partial charge on any atom is 0.326 e. The van der Waals surface area contributed by atoms with Crippen LogP contribution in [0.2, 0.25) is 0 Å². The third-order valence-electron chi connectivity index (χ3n) is 4.18. The largest absolute Gasteiger partial charge is 0.480 e. The van der Waals surface area contributed by atoms with Crippen LogP contribution in [0.3, 0.4) is 0 Å². The van der Waals surface area contributed by atoms with Crippen molar-refractivity contribution in [2.45, 2.75) is 50.2 Å². The Labute approximate surface area is 123 Å². The molecule has 3 amide bonds. The van der Waals surface area contributed by atoms with Crippen LogP contribution < -0.4 is 16.4 Å². The number of primary amides is 1. The first-order chi connectivity index (χ1) is 9.97. The highest BCUT2D eigenvalue weighted by molar-refractivity contribution is 5.87. The number of nitrogens with one attached hydrogen (secondary N) is 2. The summed E-state index contributed by atoms with van der Waals surface area (Å²) < 4.78 is 0. The fourth-order valence-corrected chi connectivity index (χ4v) is 3.19. The number of carbonyl (C=O) groups is 3. The third-order valence-corrected chi connectivity index (χ3v) is 4.18. The number of hydrogen-bond acceptors (Lipinski definition) is 4. The summed E-state index contributed by atoms with van der Waals surface area (Å²) in [4.78, 5) is 36.1. The number of urea groups is 1. The van der Waals surface area contributed by atoms with E-state index in [0.29, 0.717) is 6.04 Å². The molecule has 2 rings (SSSR count). The van der Waals surface area contributed by atoms with E-state index in [9.17, 15) is 14.4 Å². The molecule has 2 saturated heterocycles. The Morgan fingerprint density at radius 1 is 1.24 bits per heavy atom. The lowest BCUT2D eigenvalue weighted by Crippen LogP contribution is -2.53. The Balaban J connectivity index is 1.86. The van der Waals surface area contributed by atoms with Crippen molar-refractivity contribution in [3.8, 4) is 0 Å². The average molecular weight is 298 g/mol. The number of piperidine rings is 1. The predicted octanol–water partition coefficient (Wildman–Crippen LogP) is -0.759. The van der Waals surface area contributed by atoms with Crippen molar-refractivity contribution < 1.29 is 19.5 Å². The zero-order chi connectivity index (χ0) is 15.4. The Hall–Kier alpha value is -1.83. The average Bonchev–Trinajstić information content (AvgIpc) is 2.81. The van der Waals surface area contributed by atoms with E-state index in [1.165, 1.54) is 6.42 Å². The van der Waals surface area contributed by atoms with Gasteiger partial charge in [0, 0.05) is 18.6 Å². The van der Waals surface area contributed by atoms with Gasteiger partial charge in [-0.05, 0) is 25.8 Å². The van der Waals surface area contributed by atoms with E-state index >= 15 is 0 Å². The summed E-state index contributed by atoms with van der Waals surface area (Å²) in [5, 5.41) is 14.1. The standard InChI is InChI=1S/C13H22N4O4/c14-11(18)7-9(12(19)20)16-13(21)15-8-4-6-17-5-2-1-3-10(8)17/h8-10H,1-7H2,(H2,14,18)(H,19,20)(H2,15,16,21)/t8?,9-,10?/m0/s1.